The van der Waals surface area contributed by atoms with E-state index in [1.165, 1.54) is 12.8 Å². The third-order valence-electron chi connectivity index (χ3n) is 4.05. The molecule has 0 spiro atoms. The highest BCUT2D eigenvalue weighted by molar-refractivity contribution is 9.10. The van der Waals surface area contributed by atoms with Gasteiger partial charge >= 0.3 is 0 Å². The van der Waals surface area contributed by atoms with Gasteiger partial charge in [0.15, 0.2) is 6.61 Å². The summed E-state index contributed by atoms with van der Waals surface area (Å²) in [6.07, 6.45) is 3.49. The minimum absolute atomic E-state index is 0.0854. The third-order valence-corrected chi connectivity index (χ3v) is 4.58. The Morgan fingerprint density at radius 2 is 2.00 bits per heavy atom. The summed E-state index contributed by atoms with van der Waals surface area (Å²) in [4.78, 5) is 14.2. The van der Waals surface area contributed by atoms with E-state index in [9.17, 15) is 4.79 Å². The summed E-state index contributed by atoms with van der Waals surface area (Å²) in [6.45, 7) is 1.79. The Bertz CT molecular complexity index is 477. The molecule has 0 radical (unpaired) electrons. The van der Waals surface area contributed by atoms with Crippen LogP contribution in [-0.2, 0) is 4.79 Å². The van der Waals surface area contributed by atoms with Gasteiger partial charge in [-0.3, -0.25) is 4.79 Å². The number of rotatable bonds is 3. The van der Waals surface area contributed by atoms with Gasteiger partial charge in [0.2, 0.25) is 0 Å². The fourth-order valence-electron chi connectivity index (χ4n) is 2.94. The van der Waals surface area contributed by atoms with Crippen LogP contribution in [0.5, 0.6) is 5.75 Å². The average molecular weight is 339 g/mol. The zero-order valence-electron chi connectivity index (χ0n) is 11.3. The van der Waals surface area contributed by atoms with E-state index in [4.69, 9.17) is 4.74 Å². The molecule has 1 N–H and O–H groups in total. The normalized spacial score (nSPS) is 25.4. The van der Waals surface area contributed by atoms with Gasteiger partial charge < -0.3 is 15.0 Å². The molecule has 4 nitrogen and oxygen atoms in total. The molecule has 0 aliphatic carbocycles. The van der Waals surface area contributed by atoms with Gasteiger partial charge in [0.25, 0.3) is 5.91 Å². The summed E-state index contributed by atoms with van der Waals surface area (Å²) in [6, 6.07) is 8.62. The molecule has 2 unspecified atom stereocenters. The maximum atomic E-state index is 12.2. The molecule has 5 heteroatoms. The summed E-state index contributed by atoms with van der Waals surface area (Å²) in [5.74, 6) is 0.818. The molecule has 2 bridgehead atoms. The molecular weight excluding hydrogens is 320 g/mol. The number of hydrogen-bond acceptors (Lipinski definition) is 3. The van der Waals surface area contributed by atoms with Crippen molar-refractivity contribution in [2.45, 2.75) is 31.3 Å². The van der Waals surface area contributed by atoms with E-state index < -0.39 is 0 Å². The molecular formula is C15H19BrN2O2. The number of carbonyl (C=O) groups is 1. The molecule has 2 saturated heterocycles. The summed E-state index contributed by atoms with van der Waals surface area (Å²) in [5, 5.41) is 3.58. The number of ether oxygens (including phenoxy) is 1. The van der Waals surface area contributed by atoms with Crippen LogP contribution in [-0.4, -0.2) is 42.6 Å². The number of halogens is 1. The molecule has 0 saturated carbocycles. The number of carbonyl (C=O) groups excluding carboxylic acids is 1. The Morgan fingerprint density at radius 3 is 2.80 bits per heavy atom. The number of likely N-dealkylation sites (tertiary alicyclic amines) is 1. The molecule has 2 aliphatic rings. The van der Waals surface area contributed by atoms with Crippen LogP contribution in [0.3, 0.4) is 0 Å². The van der Waals surface area contributed by atoms with Crippen molar-refractivity contribution in [3.8, 4) is 5.75 Å². The van der Waals surface area contributed by atoms with Gasteiger partial charge in [0.05, 0.1) is 0 Å². The van der Waals surface area contributed by atoms with E-state index in [0.717, 1.165) is 29.7 Å². The summed E-state index contributed by atoms with van der Waals surface area (Å²) >= 11 is 3.38. The van der Waals surface area contributed by atoms with Crippen molar-refractivity contribution in [3.05, 3.63) is 28.7 Å². The molecule has 2 atom stereocenters. The highest BCUT2D eigenvalue weighted by Gasteiger charge is 2.31. The Kier molecular flexibility index (Phi) is 4.27. The Balaban J connectivity index is 1.52. The van der Waals surface area contributed by atoms with E-state index >= 15 is 0 Å². The summed E-state index contributed by atoms with van der Waals surface area (Å²) < 4.78 is 6.57. The van der Waals surface area contributed by atoms with Crippen molar-refractivity contribution in [2.75, 3.05) is 19.7 Å². The topological polar surface area (TPSA) is 41.6 Å². The van der Waals surface area contributed by atoms with Gasteiger partial charge in [-0.05, 0) is 43.5 Å². The van der Waals surface area contributed by atoms with Crippen LogP contribution in [0, 0.1) is 0 Å². The summed E-state index contributed by atoms with van der Waals surface area (Å²) in [5.41, 5.74) is 0. The number of hydrogen-bond donors (Lipinski definition) is 1. The van der Waals surface area contributed by atoms with Crippen LogP contribution in [0.15, 0.2) is 28.7 Å². The smallest absolute Gasteiger partial charge is 0.260 e. The lowest BCUT2D eigenvalue weighted by molar-refractivity contribution is -0.133. The molecule has 1 aromatic rings. The van der Waals surface area contributed by atoms with Crippen LogP contribution in [0.25, 0.3) is 0 Å². The Labute approximate surface area is 127 Å². The predicted octanol–water partition coefficient (Wildman–Crippen LogP) is 2.18. The minimum Gasteiger partial charge on any atom is -0.484 e. The van der Waals surface area contributed by atoms with Crippen LogP contribution >= 0.6 is 15.9 Å². The minimum atomic E-state index is 0.0854. The lowest BCUT2D eigenvalue weighted by Crippen LogP contribution is -2.41. The standard InChI is InChI=1S/C15H19BrN2O2/c16-11-1-5-14(6-2-11)20-10-15(19)18-8-7-12-3-4-13(9-18)17-12/h1-2,5-6,12-13,17H,3-4,7-10H2. The van der Waals surface area contributed by atoms with Gasteiger partial charge in [-0.25, -0.2) is 0 Å². The number of fused-ring (bicyclic) bond motifs is 2. The van der Waals surface area contributed by atoms with Gasteiger partial charge in [0, 0.05) is 29.6 Å². The van der Waals surface area contributed by atoms with Crippen molar-refractivity contribution in [2.24, 2.45) is 0 Å². The molecule has 1 aromatic carbocycles. The second-order valence-corrected chi connectivity index (χ2v) is 6.42. The van der Waals surface area contributed by atoms with Gasteiger partial charge in [-0.15, -0.1) is 0 Å². The maximum Gasteiger partial charge on any atom is 0.260 e. The second kappa shape index (κ2) is 6.14. The fourth-order valence-corrected chi connectivity index (χ4v) is 3.20. The lowest BCUT2D eigenvalue weighted by Gasteiger charge is -2.24. The SMILES string of the molecule is O=C(COc1ccc(Br)cc1)N1CCC2CCC(C1)N2. The fraction of sp³-hybridized carbons (Fsp3) is 0.533. The summed E-state index contributed by atoms with van der Waals surface area (Å²) in [7, 11) is 0. The first kappa shape index (κ1) is 13.9. The van der Waals surface area contributed by atoms with E-state index in [2.05, 4.69) is 21.2 Å². The largest absolute Gasteiger partial charge is 0.484 e. The van der Waals surface area contributed by atoms with Gasteiger partial charge in [-0.2, -0.15) is 0 Å². The van der Waals surface area contributed by atoms with Crippen molar-refractivity contribution in [1.82, 2.24) is 10.2 Å². The number of amides is 1. The highest BCUT2D eigenvalue weighted by atomic mass is 79.9. The molecule has 1 amide bonds. The molecule has 20 heavy (non-hydrogen) atoms. The van der Waals surface area contributed by atoms with Crippen molar-refractivity contribution in [1.29, 1.82) is 0 Å². The van der Waals surface area contributed by atoms with Crippen molar-refractivity contribution < 1.29 is 9.53 Å². The van der Waals surface area contributed by atoms with Gasteiger partial charge in [0.1, 0.15) is 5.75 Å². The molecule has 3 rings (SSSR count). The average Bonchev–Trinajstić information content (AvgIpc) is 2.77. The lowest BCUT2D eigenvalue weighted by atomic mass is 10.1. The number of nitrogens with zero attached hydrogens (tertiary/aromatic N) is 1. The molecule has 2 aliphatic heterocycles. The first-order chi connectivity index (χ1) is 9.70. The molecule has 2 heterocycles. The van der Waals surface area contributed by atoms with Crippen molar-refractivity contribution >= 4 is 21.8 Å². The maximum absolute atomic E-state index is 12.2. The van der Waals surface area contributed by atoms with E-state index in [1.54, 1.807) is 0 Å². The number of nitrogens with one attached hydrogen (secondary N) is 1. The van der Waals surface area contributed by atoms with Crippen LogP contribution < -0.4 is 10.1 Å². The zero-order chi connectivity index (χ0) is 13.9. The van der Waals surface area contributed by atoms with Gasteiger partial charge in [-0.1, -0.05) is 15.9 Å². The number of benzene rings is 1. The molecule has 2 fully saturated rings. The Morgan fingerprint density at radius 1 is 1.25 bits per heavy atom. The highest BCUT2D eigenvalue weighted by Crippen LogP contribution is 2.21. The second-order valence-electron chi connectivity index (χ2n) is 5.51. The third kappa shape index (κ3) is 3.33. The van der Waals surface area contributed by atoms with E-state index in [0.29, 0.717) is 12.1 Å². The van der Waals surface area contributed by atoms with Crippen LogP contribution in [0.4, 0.5) is 0 Å². The zero-order valence-corrected chi connectivity index (χ0v) is 12.9. The first-order valence-corrected chi connectivity index (χ1v) is 7.92. The molecule has 0 aromatic heterocycles. The van der Waals surface area contributed by atoms with Crippen LogP contribution in [0.2, 0.25) is 0 Å². The monoisotopic (exact) mass is 338 g/mol. The van der Waals surface area contributed by atoms with E-state index in [1.807, 2.05) is 29.2 Å². The van der Waals surface area contributed by atoms with Crippen molar-refractivity contribution in [3.63, 3.8) is 0 Å². The first-order valence-electron chi connectivity index (χ1n) is 7.13. The predicted molar refractivity (Wildman–Crippen MR) is 80.8 cm³/mol. The quantitative estimate of drug-likeness (QED) is 0.918. The van der Waals surface area contributed by atoms with Crippen LogP contribution in [0.1, 0.15) is 19.3 Å². The Hall–Kier alpha value is -1.07. The molecule has 108 valence electrons. The van der Waals surface area contributed by atoms with E-state index in [-0.39, 0.29) is 12.5 Å².